The molecule has 2 heterocycles. The molecule has 1 unspecified atom stereocenters. The molecule has 0 spiro atoms. The molecular weight excluding hydrogens is 512 g/mol. The molecule has 192 valence electrons. The van der Waals surface area contributed by atoms with E-state index in [1.807, 2.05) is 0 Å². The van der Waals surface area contributed by atoms with E-state index in [1.54, 1.807) is 43.3 Å². The highest BCUT2D eigenvalue weighted by Crippen LogP contribution is 2.37. The fraction of sp³-hybridized carbons (Fsp3) is 0.333. The zero-order valence-corrected chi connectivity index (χ0v) is 22.5. The van der Waals surface area contributed by atoms with Gasteiger partial charge in [-0.1, -0.05) is 67.4 Å². The summed E-state index contributed by atoms with van der Waals surface area (Å²) >= 11 is 13.2. The molecule has 0 fully saturated rings. The Balaban J connectivity index is 1.88. The highest BCUT2D eigenvalue weighted by molar-refractivity contribution is 6.36. The topological polar surface area (TPSA) is 91.5 Å². The highest BCUT2D eigenvalue weighted by atomic mass is 35.5. The second-order valence-corrected chi connectivity index (χ2v) is 10.8. The van der Waals surface area contributed by atoms with Gasteiger partial charge in [0.15, 0.2) is 0 Å². The highest BCUT2D eigenvalue weighted by Gasteiger charge is 2.23. The second kappa shape index (κ2) is 10.9. The normalized spacial score (nSPS) is 14.5. The van der Waals surface area contributed by atoms with Crippen LogP contribution in [0.1, 0.15) is 57.9 Å². The number of hydrogen-bond acceptors (Lipinski definition) is 6. The first kappa shape index (κ1) is 25.2. The molecule has 0 radical (unpaired) electrons. The lowest BCUT2D eigenvalue weighted by molar-refractivity contribution is 0.351. The van der Waals surface area contributed by atoms with Gasteiger partial charge in [-0.3, -0.25) is 4.98 Å². The van der Waals surface area contributed by atoms with Gasteiger partial charge in [0.1, 0.15) is 18.4 Å². The van der Waals surface area contributed by atoms with E-state index in [2.05, 4.69) is 52.8 Å². The second-order valence-electron chi connectivity index (χ2n) is 9.99. The van der Waals surface area contributed by atoms with E-state index in [0.717, 1.165) is 0 Å². The Morgan fingerprint density at radius 1 is 1.22 bits per heavy atom. The third kappa shape index (κ3) is 5.95. The maximum Gasteiger partial charge on any atom is 0.112 e. The van der Waals surface area contributed by atoms with Crippen LogP contribution in [0.5, 0.6) is 0 Å². The first-order chi connectivity index (χ1) is 18.0. The predicted molar refractivity (Wildman–Crippen MR) is 147 cm³/mol. The number of pyridine rings is 1. The number of nitriles is 1. The van der Waals surface area contributed by atoms with Gasteiger partial charge in [-0.25, -0.2) is 9.07 Å². The Kier molecular flexibility index (Phi) is 7.45. The number of hydrogen-bond donors (Lipinski definition) is 2. The molecule has 2 N–H and O–H groups in total. The SMILES string of the molecule is [2H]C(Nc1cc(Cl)c2ncc(C#N)c(NCC(C)(C)C)c2c1)(c1cn([C@@H](C)CF)nn1)c1ccccc1Cl. The van der Waals surface area contributed by atoms with Crippen LogP contribution in [-0.2, 0) is 0 Å². The van der Waals surface area contributed by atoms with Crippen molar-refractivity contribution in [2.75, 3.05) is 23.9 Å². The number of anilines is 2. The summed E-state index contributed by atoms with van der Waals surface area (Å²) in [5.74, 6) is 0. The van der Waals surface area contributed by atoms with Crippen LogP contribution in [0, 0.1) is 16.7 Å². The summed E-state index contributed by atoms with van der Waals surface area (Å²) in [7, 11) is 0. The van der Waals surface area contributed by atoms with Crippen molar-refractivity contribution in [3.63, 3.8) is 0 Å². The largest absolute Gasteiger partial charge is 0.383 e. The molecule has 0 amide bonds. The average Bonchev–Trinajstić information content (AvgIpc) is 3.37. The van der Waals surface area contributed by atoms with Gasteiger partial charge < -0.3 is 10.6 Å². The van der Waals surface area contributed by atoms with Crippen molar-refractivity contribution < 1.29 is 5.76 Å². The average molecular weight is 541 g/mol. The molecule has 7 nitrogen and oxygen atoms in total. The summed E-state index contributed by atoms with van der Waals surface area (Å²) in [4.78, 5) is 4.41. The summed E-state index contributed by atoms with van der Waals surface area (Å²) in [6.45, 7) is 7.90. The fourth-order valence-electron chi connectivity index (χ4n) is 3.72. The summed E-state index contributed by atoms with van der Waals surface area (Å²) in [5, 5.41) is 25.9. The van der Waals surface area contributed by atoms with Crippen molar-refractivity contribution in [1.82, 2.24) is 20.0 Å². The Labute approximate surface area is 227 Å². The number of benzene rings is 2. The van der Waals surface area contributed by atoms with E-state index in [1.165, 1.54) is 17.1 Å². The quantitative estimate of drug-likeness (QED) is 0.245. The van der Waals surface area contributed by atoms with Crippen LogP contribution >= 0.6 is 23.2 Å². The maximum absolute atomic E-state index is 13.3. The minimum absolute atomic E-state index is 0.0507. The molecule has 0 aliphatic heterocycles. The first-order valence-electron chi connectivity index (χ1n) is 12.2. The molecule has 2 aromatic carbocycles. The van der Waals surface area contributed by atoms with Gasteiger partial charge in [-0.05, 0) is 36.1 Å². The minimum atomic E-state index is -1.71. The lowest BCUT2D eigenvalue weighted by Gasteiger charge is -2.22. The van der Waals surface area contributed by atoms with E-state index in [4.69, 9.17) is 23.2 Å². The Morgan fingerprint density at radius 3 is 2.65 bits per heavy atom. The number of halogens is 3. The molecule has 0 bridgehead atoms. The predicted octanol–water partition coefficient (Wildman–Crippen LogP) is 7.19. The van der Waals surface area contributed by atoms with Gasteiger partial charge >= 0.3 is 0 Å². The van der Waals surface area contributed by atoms with Crippen molar-refractivity contribution in [2.45, 2.75) is 39.8 Å². The van der Waals surface area contributed by atoms with Gasteiger partial charge in [-0.15, -0.1) is 5.10 Å². The smallest absolute Gasteiger partial charge is 0.112 e. The molecule has 0 saturated heterocycles. The number of alkyl halides is 1. The Bertz CT molecular complexity index is 1510. The molecule has 10 heteroatoms. The van der Waals surface area contributed by atoms with Crippen LogP contribution in [0.4, 0.5) is 15.8 Å². The molecule has 2 atom stereocenters. The molecule has 4 rings (SSSR count). The van der Waals surface area contributed by atoms with Crippen molar-refractivity contribution in [1.29, 1.82) is 5.26 Å². The number of nitrogens with one attached hydrogen (secondary N) is 2. The van der Waals surface area contributed by atoms with Crippen LogP contribution in [-0.4, -0.2) is 33.2 Å². The van der Waals surface area contributed by atoms with Crippen molar-refractivity contribution >= 4 is 45.5 Å². The number of aromatic nitrogens is 4. The summed E-state index contributed by atoms with van der Waals surface area (Å²) in [5.41, 5.74) is 2.57. The third-order valence-corrected chi connectivity index (χ3v) is 6.31. The zero-order chi connectivity index (χ0) is 27.7. The molecule has 0 saturated carbocycles. The lowest BCUT2D eigenvalue weighted by atomic mass is 9.96. The molecule has 2 aromatic heterocycles. The van der Waals surface area contributed by atoms with Crippen LogP contribution in [0.25, 0.3) is 10.9 Å². The fourth-order valence-corrected chi connectivity index (χ4v) is 4.21. The van der Waals surface area contributed by atoms with Crippen LogP contribution in [0.15, 0.2) is 48.8 Å². The summed E-state index contributed by atoms with van der Waals surface area (Å²) in [6, 6.07) is 10.3. The van der Waals surface area contributed by atoms with Gasteiger partial charge in [0.25, 0.3) is 0 Å². The standard InChI is InChI=1S/C27H28Cl2FN7/c1-16(11-30)37-14-23(35-36-37)26(19-7-5-6-8-21(19)28)34-18-9-20-24(33-15-27(2,3)4)17(12-31)13-32-25(20)22(29)10-18/h5-10,13-14,16,26,34H,11,15H2,1-4H3,(H,32,33)/t16-,26?/m0/s1/i26D. The minimum Gasteiger partial charge on any atom is -0.383 e. The lowest BCUT2D eigenvalue weighted by Crippen LogP contribution is -2.20. The Morgan fingerprint density at radius 2 is 1.97 bits per heavy atom. The van der Waals surface area contributed by atoms with Crippen LogP contribution < -0.4 is 10.6 Å². The molecular formula is C27H28Cl2FN7. The number of nitrogens with zero attached hydrogens (tertiary/aromatic N) is 5. The Hall–Kier alpha value is -3.41. The van der Waals surface area contributed by atoms with Crippen molar-refractivity contribution in [3.8, 4) is 6.07 Å². The monoisotopic (exact) mass is 540 g/mol. The first-order valence-corrected chi connectivity index (χ1v) is 12.5. The van der Waals surface area contributed by atoms with Crippen LogP contribution in [0.3, 0.4) is 0 Å². The van der Waals surface area contributed by atoms with Gasteiger partial charge in [0, 0.05) is 28.8 Å². The van der Waals surface area contributed by atoms with E-state index in [-0.39, 0.29) is 11.1 Å². The van der Waals surface area contributed by atoms with E-state index in [9.17, 15) is 11.0 Å². The van der Waals surface area contributed by atoms with Gasteiger partial charge in [0.05, 0.1) is 41.4 Å². The van der Waals surface area contributed by atoms with Gasteiger partial charge in [0.2, 0.25) is 0 Å². The van der Waals surface area contributed by atoms with Crippen molar-refractivity contribution in [2.24, 2.45) is 5.41 Å². The van der Waals surface area contributed by atoms with E-state index in [0.29, 0.717) is 50.0 Å². The van der Waals surface area contributed by atoms with Gasteiger partial charge in [-0.2, -0.15) is 5.26 Å². The van der Waals surface area contributed by atoms with Crippen LogP contribution in [0.2, 0.25) is 10.0 Å². The summed E-state index contributed by atoms with van der Waals surface area (Å²) in [6.07, 6.45) is 3.02. The molecule has 0 aliphatic rings. The number of fused-ring (bicyclic) bond motifs is 1. The molecule has 37 heavy (non-hydrogen) atoms. The third-order valence-electron chi connectivity index (χ3n) is 5.69. The molecule has 4 aromatic rings. The zero-order valence-electron chi connectivity index (χ0n) is 22.0. The maximum atomic E-state index is 13.3. The molecule has 0 aliphatic carbocycles. The van der Waals surface area contributed by atoms with Crippen molar-refractivity contribution in [3.05, 3.63) is 75.7 Å². The van der Waals surface area contributed by atoms with E-state index >= 15 is 0 Å². The summed E-state index contributed by atoms with van der Waals surface area (Å²) < 4.78 is 24.2. The number of rotatable bonds is 8. The van der Waals surface area contributed by atoms with E-state index < -0.39 is 18.7 Å².